The van der Waals surface area contributed by atoms with E-state index in [1.165, 1.54) is 0 Å². The summed E-state index contributed by atoms with van der Waals surface area (Å²) in [6.45, 7) is 0. The van der Waals surface area contributed by atoms with Crippen LogP contribution >= 0.6 is 0 Å². The Balaban J connectivity index is 1.02. The van der Waals surface area contributed by atoms with Crippen LogP contribution in [0, 0.1) is 0 Å². The molecule has 10 rings (SSSR count). The van der Waals surface area contributed by atoms with Crippen molar-refractivity contribution in [2.45, 2.75) is 0 Å². The molecule has 0 amide bonds. The van der Waals surface area contributed by atoms with Gasteiger partial charge in [0, 0.05) is 33.4 Å². The van der Waals surface area contributed by atoms with Crippen molar-refractivity contribution in [2.75, 3.05) is 0 Å². The first-order valence-corrected chi connectivity index (χ1v) is 19.2. The van der Waals surface area contributed by atoms with E-state index in [1.807, 2.05) is 72.8 Å². The van der Waals surface area contributed by atoms with Gasteiger partial charge in [-0.3, -0.25) is 0 Å². The van der Waals surface area contributed by atoms with E-state index in [1.54, 1.807) is 0 Å². The molecule has 0 aliphatic carbocycles. The third-order valence-electron chi connectivity index (χ3n) is 10.2. The largest absolute Gasteiger partial charge is 0.208 e. The van der Waals surface area contributed by atoms with Crippen molar-refractivity contribution in [2.24, 2.45) is 0 Å². The fourth-order valence-corrected chi connectivity index (χ4v) is 7.11. The van der Waals surface area contributed by atoms with Crippen molar-refractivity contribution in [1.82, 2.24) is 29.9 Å². The first-order chi connectivity index (χ1) is 28.7. The highest BCUT2D eigenvalue weighted by Gasteiger charge is 2.16. The summed E-state index contributed by atoms with van der Waals surface area (Å²) < 4.78 is 0. The van der Waals surface area contributed by atoms with Gasteiger partial charge in [0.2, 0.25) is 0 Å². The number of rotatable bonds is 8. The van der Waals surface area contributed by atoms with E-state index in [0.717, 1.165) is 66.4 Å². The van der Waals surface area contributed by atoms with E-state index < -0.39 is 0 Å². The Morgan fingerprint density at radius 2 is 0.379 bits per heavy atom. The lowest BCUT2D eigenvalue weighted by Crippen LogP contribution is -2.00. The summed E-state index contributed by atoms with van der Waals surface area (Å²) in [6.07, 6.45) is 0. The van der Waals surface area contributed by atoms with Crippen LogP contribution in [0.15, 0.2) is 206 Å². The molecular weight excluding hydrogens is 709 g/mol. The normalized spacial score (nSPS) is 11.1. The molecule has 0 atom stereocenters. The predicted octanol–water partition coefficient (Wildman–Crippen LogP) is 12.5. The fraction of sp³-hybridized carbons (Fsp3) is 0. The Labute approximate surface area is 336 Å². The molecule has 6 nitrogen and oxygen atoms in total. The smallest absolute Gasteiger partial charge is 0.164 e. The zero-order valence-corrected chi connectivity index (χ0v) is 31.3. The van der Waals surface area contributed by atoms with Crippen molar-refractivity contribution < 1.29 is 0 Å². The monoisotopic (exact) mass is 742 g/mol. The SMILES string of the molecule is c1ccc(-c2ccc(-c3nc(-c4ccccc4)nc(-c4ccc5cc(-c6nc(-c7ccccc7)nc(-c7ccc(-c8ccccc8)cc7)n6)ccc5c4)n3)cc2)cc1. The maximum atomic E-state index is 5.02. The van der Waals surface area contributed by atoms with Crippen LogP contribution in [0.25, 0.3) is 101 Å². The molecule has 0 bridgehead atoms. The van der Waals surface area contributed by atoms with Crippen LogP contribution in [0.4, 0.5) is 0 Å². The molecule has 0 aliphatic rings. The van der Waals surface area contributed by atoms with Gasteiger partial charge in [-0.15, -0.1) is 0 Å². The molecule has 0 fully saturated rings. The molecular formula is C52H34N6. The Morgan fingerprint density at radius 1 is 0.172 bits per heavy atom. The lowest BCUT2D eigenvalue weighted by molar-refractivity contribution is 1.07. The summed E-state index contributed by atoms with van der Waals surface area (Å²) in [7, 11) is 0. The summed E-state index contributed by atoms with van der Waals surface area (Å²) >= 11 is 0. The van der Waals surface area contributed by atoms with E-state index in [2.05, 4.69) is 133 Å². The molecule has 0 spiro atoms. The summed E-state index contributed by atoms with van der Waals surface area (Å²) in [5.74, 6) is 3.70. The van der Waals surface area contributed by atoms with Crippen LogP contribution in [-0.2, 0) is 0 Å². The number of aromatic nitrogens is 6. The molecule has 272 valence electrons. The number of hydrogen-bond acceptors (Lipinski definition) is 6. The Kier molecular flexibility index (Phi) is 9.10. The summed E-state index contributed by atoms with van der Waals surface area (Å²) in [6, 6.07) is 70.2. The van der Waals surface area contributed by atoms with Crippen LogP contribution in [0.2, 0.25) is 0 Å². The second-order valence-corrected chi connectivity index (χ2v) is 14.0. The van der Waals surface area contributed by atoms with Crippen molar-refractivity contribution >= 4 is 10.8 Å². The molecule has 58 heavy (non-hydrogen) atoms. The van der Waals surface area contributed by atoms with Gasteiger partial charge in [-0.2, -0.15) is 0 Å². The van der Waals surface area contributed by atoms with Gasteiger partial charge in [0.15, 0.2) is 34.9 Å². The minimum Gasteiger partial charge on any atom is -0.208 e. The van der Waals surface area contributed by atoms with E-state index in [4.69, 9.17) is 29.9 Å². The highest BCUT2D eigenvalue weighted by Crippen LogP contribution is 2.32. The molecule has 0 N–H and O–H groups in total. The zero-order chi connectivity index (χ0) is 38.7. The summed E-state index contributed by atoms with van der Waals surface area (Å²) in [5, 5.41) is 2.09. The lowest BCUT2D eigenvalue weighted by Gasteiger charge is -2.11. The van der Waals surface area contributed by atoms with Crippen LogP contribution in [0.3, 0.4) is 0 Å². The third-order valence-corrected chi connectivity index (χ3v) is 10.2. The van der Waals surface area contributed by atoms with Gasteiger partial charge >= 0.3 is 0 Å². The standard InChI is InChI=1S/C52H34N6/c1-5-13-35(14-6-1)37-21-25-41(26-22-37)49-53-47(39-17-9-3-10-18-39)55-51(57-49)45-31-29-44-34-46(32-30-43(44)33-45)52-56-48(40-19-11-4-12-20-40)54-50(58-52)42-27-23-38(24-28-42)36-15-7-2-8-16-36/h1-34H. The highest BCUT2D eigenvalue weighted by molar-refractivity contribution is 5.90. The van der Waals surface area contributed by atoms with Crippen LogP contribution in [-0.4, -0.2) is 29.9 Å². The van der Waals surface area contributed by atoms with Crippen molar-refractivity contribution in [3.05, 3.63) is 206 Å². The fourth-order valence-electron chi connectivity index (χ4n) is 7.11. The van der Waals surface area contributed by atoms with Gasteiger partial charge in [-0.05, 0) is 45.2 Å². The van der Waals surface area contributed by atoms with Crippen molar-refractivity contribution in [3.8, 4) is 90.6 Å². The second-order valence-electron chi connectivity index (χ2n) is 14.0. The number of benzene rings is 8. The van der Waals surface area contributed by atoms with Gasteiger partial charge in [0.1, 0.15) is 0 Å². The highest BCUT2D eigenvalue weighted by atomic mass is 15.0. The lowest BCUT2D eigenvalue weighted by atomic mass is 10.0. The topological polar surface area (TPSA) is 77.3 Å². The average Bonchev–Trinajstić information content (AvgIpc) is 3.32. The molecule has 0 aliphatic heterocycles. The Hall–Kier alpha value is -7.96. The Bertz CT molecular complexity index is 2800. The molecule has 0 saturated heterocycles. The maximum Gasteiger partial charge on any atom is 0.164 e. The van der Waals surface area contributed by atoms with Crippen LogP contribution in [0.5, 0.6) is 0 Å². The molecule has 8 aromatic carbocycles. The van der Waals surface area contributed by atoms with Gasteiger partial charge in [0.25, 0.3) is 0 Å². The van der Waals surface area contributed by atoms with Crippen molar-refractivity contribution in [3.63, 3.8) is 0 Å². The summed E-state index contributed by atoms with van der Waals surface area (Å²) in [4.78, 5) is 29.9. The molecule has 0 radical (unpaired) electrons. The van der Waals surface area contributed by atoms with E-state index >= 15 is 0 Å². The zero-order valence-electron chi connectivity index (χ0n) is 31.3. The minimum absolute atomic E-state index is 0.606. The molecule has 6 heteroatoms. The van der Waals surface area contributed by atoms with Crippen LogP contribution < -0.4 is 0 Å². The minimum atomic E-state index is 0.606. The molecule has 10 aromatic rings. The average molecular weight is 743 g/mol. The van der Waals surface area contributed by atoms with Gasteiger partial charge in [-0.25, -0.2) is 29.9 Å². The first kappa shape index (κ1) is 34.5. The number of nitrogens with zero attached hydrogens (tertiary/aromatic N) is 6. The van der Waals surface area contributed by atoms with Gasteiger partial charge in [0.05, 0.1) is 0 Å². The third kappa shape index (κ3) is 7.14. The quantitative estimate of drug-likeness (QED) is 0.154. The maximum absolute atomic E-state index is 5.02. The van der Waals surface area contributed by atoms with E-state index in [-0.39, 0.29) is 0 Å². The predicted molar refractivity (Wildman–Crippen MR) is 234 cm³/mol. The molecule has 0 saturated carbocycles. The van der Waals surface area contributed by atoms with Crippen molar-refractivity contribution in [1.29, 1.82) is 0 Å². The second kappa shape index (κ2) is 15.3. The molecule has 0 unspecified atom stereocenters. The number of hydrogen-bond donors (Lipinski definition) is 0. The van der Waals surface area contributed by atoms with Gasteiger partial charge in [-0.1, -0.05) is 194 Å². The van der Waals surface area contributed by atoms with Gasteiger partial charge < -0.3 is 0 Å². The Morgan fingerprint density at radius 3 is 0.690 bits per heavy atom. The number of fused-ring (bicyclic) bond motifs is 1. The first-order valence-electron chi connectivity index (χ1n) is 19.2. The molecule has 2 aromatic heterocycles. The van der Waals surface area contributed by atoms with Crippen LogP contribution in [0.1, 0.15) is 0 Å². The molecule has 2 heterocycles. The summed E-state index contributed by atoms with van der Waals surface area (Å²) in [5.41, 5.74) is 10.1. The van der Waals surface area contributed by atoms with E-state index in [9.17, 15) is 0 Å². The van der Waals surface area contributed by atoms with E-state index in [0.29, 0.717) is 34.9 Å².